The van der Waals surface area contributed by atoms with Gasteiger partial charge in [-0.3, -0.25) is 4.79 Å². The maximum Gasteiger partial charge on any atom is 0.257 e. The number of halogens is 3. The van der Waals surface area contributed by atoms with E-state index in [1.165, 1.54) is 18.2 Å². The average Bonchev–Trinajstić information content (AvgIpc) is 2.41. The number of hydrogen-bond acceptors (Lipinski definition) is 2. The molecule has 0 saturated carbocycles. The van der Waals surface area contributed by atoms with Crippen molar-refractivity contribution in [2.45, 2.75) is 0 Å². The lowest BCUT2D eigenvalue weighted by molar-refractivity contribution is 0.102. The van der Waals surface area contributed by atoms with Crippen LogP contribution < -0.4 is 11.1 Å². The van der Waals surface area contributed by atoms with Crippen LogP contribution in [0.2, 0.25) is 5.02 Å². The van der Waals surface area contributed by atoms with Crippen molar-refractivity contribution in [2.75, 3.05) is 5.32 Å². The third-order valence-corrected chi connectivity index (χ3v) is 4.20. The van der Waals surface area contributed by atoms with Gasteiger partial charge in [0.25, 0.3) is 5.91 Å². The largest absolute Gasteiger partial charge is 0.389 e. The minimum absolute atomic E-state index is 0.00744. The standard InChI is InChI=1S/C14H9BrClFN2OS/c15-8-4-1-3-7(12(8)16)14(20)19-10-6-2-5-9(17)11(10)13(18)21/h1-6H,(H2,18,21)(H,19,20). The van der Waals surface area contributed by atoms with Gasteiger partial charge in [0, 0.05) is 4.47 Å². The van der Waals surface area contributed by atoms with Gasteiger partial charge in [0.2, 0.25) is 0 Å². The molecule has 7 heteroatoms. The van der Waals surface area contributed by atoms with Crippen LogP contribution in [0.1, 0.15) is 15.9 Å². The van der Waals surface area contributed by atoms with Crippen LogP contribution in [0.4, 0.5) is 10.1 Å². The van der Waals surface area contributed by atoms with Crippen LogP contribution in [-0.4, -0.2) is 10.9 Å². The van der Waals surface area contributed by atoms with E-state index in [0.29, 0.717) is 4.47 Å². The Hall–Kier alpha value is -1.50. The van der Waals surface area contributed by atoms with Gasteiger partial charge in [-0.15, -0.1) is 0 Å². The molecule has 0 heterocycles. The number of nitrogens with two attached hydrogens (primary N) is 1. The van der Waals surface area contributed by atoms with E-state index in [1.54, 1.807) is 18.2 Å². The highest BCUT2D eigenvalue weighted by Gasteiger charge is 2.16. The van der Waals surface area contributed by atoms with Gasteiger partial charge in [0.15, 0.2) is 0 Å². The Morgan fingerprint density at radius 3 is 2.62 bits per heavy atom. The van der Waals surface area contributed by atoms with Crippen molar-refractivity contribution in [1.82, 2.24) is 0 Å². The summed E-state index contributed by atoms with van der Waals surface area (Å²) in [6.07, 6.45) is 0. The van der Waals surface area contributed by atoms with Gasteiger partial charge < -0.3 is 11.1 Å². The number of anilines is 1. The zero-order valence-electron chi connectivity index (χ0n) is 10.5. The highest BCUT2D eigenvalue weighted by atomic mass is 79.9. The minimum Gasteiger partial charge on any atom is -0.389 e. The van der Waals surface area contributed by atoms with Crippen LogP contribution in [0.5, 0.6) is 0 Å². The molecule has 0 atom stereocenters. The number of benzene rings is 2. The zero-order valence-corrected chi connectivity index (χ0v) is 13.7. The summed E-state index contributed by atoms with van der Waals surface area (Å²) in [6.45, 7) is 0. The van der Waals surface area contributed by atoms with Crippen LogP contribution in [0.15, 0.2) is 40.9 Å². The molecule has 0 aliphatic rings. The van der Waals surface area contributed by atoms with Crippen molar-refractivity contribution in [3.63, 3.8) is 0 Å². The fraction of sp³-hybridized carbons (Fsp3) is 0. The van der Waals surface area contributed by atoms with Crippen LogP contribution in [0, 0.1) is 5.82 Å². The zero-order chi connectivity index (χ0) is 15.6. The summed E-state index contributed by atoms with van der Waals surface area (Å²) in [5.74, 6) is -1.08. The number of hydrogen-bond donors (Lipinski definition) is 2. The molecule has 0 radical (unpaired) electrons. The lowest BCUT2D eigenvalue weighted by atomic mass is 10.1. The van der Waals surface area contributed by atoms with Gasteiger partial charge in [0.05, 0.1) is 21.8 Å². The van der Waals surface area contributed by atoms with Gasteiger partial charge in [-0.1, -0.05) is 36.0 Å². The van der Waals surface area contributed by atoms with Crippen LogP contribution in [0.3, 0.4) is 0 Å². The Bertz CT molecular complexity index is 739. The molecule has 0 aliphatic carbocycles. The normalized spacial score (nSPS) is 10.2. The first-order valence-corrected chi connectivity index (χ1v) is 7.33. The molecule has 108 valence electrons. The van der Waals surface area contributed by atoms with Crippen molar-refractivity contribution in [3.05, 3.63) is 62.8 Å². The summed E-state index contributed by atoms with van der Waals surface area (Å²) in [5.41, 5.74) is 5.93. The second kappa shape index (κ2) is 6.51. The topological polar surface area (TPSA) is 55.1 Å². The van der Waals surface area contributed by atoms with Crippen molar-refractivity contribution in [3.8, 4) is 0 Å². The number of amides is 1. The molecule has 0 unspecified atom stereocenters. The van der Waals surface area contributed by atoms with Gasteiger partial charge in [-0.05, 0) is 40.2 Å². The van der Waals surface area contributed by atoms with Crippen LogP contribution in [-0.2, 0) is 0 Å². The number of nitrogens with one attached hydrogen (secondary N) is 1. The quantitative estimate of drug-likeness (QED) is 0.779. The third-order valence-electron chi connectivity index (χ3n) is 2.70. The highest BCUT2D eigenvalue weighted by Crippen LogP contribution is 2.27. The van der Waals surface area contributed by atoms with Crippen LogP contribution in [0.25, 0.3) is 0 Å². The molecule has 0 bridgehead atoms. The SMILES string of the molecule is NC(=S)c1c(F)cccc1NC(=O)c1cccc(Br)c1Cl. The summed E-state index contributed by atoms with van der Waals surface area (Å²) >= 11 is 14.1. The molecule has 3 nitrogen and oxygen atoms in total. The molecule has 0 fully saturated rings. The first kappa shape index (κ1) is 15.9. The van der Waals surface area contributed by atoms with Gasteiger partial charge >= 0.3 is 0 Å². The summed E-state index contributed by atoms with van der Waals surface area (Å²) < 4.78 is 14.3. The first-order chi connectivity index (χ1) is 9.91. The molecule has 0 spiro atoms. The molecule has 1 amide bonds. The second-order valence-corrected chi connectivity index (χ2v) is 5.75. The maximum atomic E-state index is 13.7. The molecule has 2 aromatic rings. The highest BCUT2D eigenvalue weighted by molar-refractivity contribution is 9.10. The summed E-state index contributed by atoms with van der Waals surface area (Å²) in [5, 5.41) is 2.83. The summed E-state index contributed by atoms with van der Waals surface area (Å²) in [6, 6.07) is 9.13. The van der Waals surface area contributed by atoms with E-state index in [9.17, 15) is 9.18 Å². The Labute approximate surface area is 139 Å². The van der Waals surface area contributed by atoms with E-state index >= 15 is 0 Å². The fourth-order valence-electron chi connectivity index (χ4n) is 1.75. The van der Waals surface area contributed by atoms with Gasteiger partial charge in [-0.2, -0.15) is 0 Å². The monoisotopic (exact) mass is 386 g/mol. The molecule has 3 N–H and O–H groups in total. The number of carbonyl (C=O) groups excluding carboxylic acids is 1. The summed E-state index contributed by atoms with van der Waals surface area (Å²) in [7, 11) is 0. The number of carbonyl (C=O) groups is 1. The molecular weight excluding hydrogens is 379 g/mol. The van der Waals surface area contributed by atoms with E-state index in [4.69, 9.17) is 29.6 Å². The van der Waals surface area contributed by atoms with Crippen molar-refractivity contribution in [1.29, 1.82) is 0 Å². The number of thiocarbonyl (C=S) groups is 1. The molecule has 2 aromatic carbocycles. The molecule has 0 aromatic heterocycles. The minimum atomic E-state index is -0.597. The Morgan fingerprint density at radius 2 is 1.95 bits per heavy atom. The molecule has 0 saturated heterocycles. The van der Waals surface area contributed by atoms with Crippen molar-refractivity contribution < 1.29 is 9.18 Å². The van der Waals surface area contributed by atoms with E-state index in [-0.39, 0.29) is 26.8 Å². The lowest BCUT2D eigenvalue weighted by Gasteiger charge is -2.12. The smallest absolute Gasteiger partial charge is 0.257 e. The van der Waals surface area contributed by atoms with Crippen LogP contribution >= 0.6 is 39.7 Å². The van der Waals surface area contributed by atoms with Crippen molar-refractivity contribution in [2.24, 2.45) is 5.73 Å². The maximum absolute atomic E-state index is 13.7. The predicted molar refractivity (Wildman–Crippen MR) is 89.4 cm³/mol. The van der Waals surface area contributed by atoms with Gasteiger partial charge in [-0.25, -0.2) is 4.39 Å². The summed E-state index contributed by atoms with van der Waals surface area (Å²) in [4.78, 5) is 12.1. The van der Waals surface area contributed by atoms with E-state index in [0.717, 1.165) is 0 Å². The molecule has 2 rings (SSSR count). The van der Waals surface area contributed by atoms with Gasteiger partial charge in [0.1, 0.15) is 10.8 Å². The lowest BCUT2D eigenvalue weighted by Crippen LogP contribution is -2.19. The van der Waals surface area contributed by atoms with E-state index < -0.39 is 11.7 Å². The van der Waals surface area contributed by atoms with Crippen molar-refractivity contribution >= 4 is 56.3 Å². The Morgan fingerprint density at radius 1 is 1.29 bits per heavy atom. The molecule has 21 heavy (non-hydrogen) atoms. The number of rotatable bonds is 3. The fourth-order valence-corrected chi connectivity index (χ4v) is 2.53. The Kier molecular flexibility index (Phi) is 4.92. The predicted octanol–water partition coefficient (Wildman–Crippen LogP) is 4.13. The van der Waals surface area contributed by atoms with E-state index in [1.807, 2.05) is 0 Å². The molecule has 0 aliphatic heterocycles. The third kappa shape index (κ3) is 3.40. The first-order valence-electron chi connectivity index (χ1n) is 5.75. The average molecular weight is 388 g/mol. The molecular formula is C14H9BrClFN2OS. The van der Waals surface area contributed by atoms with E-state index in [2.05, 4.69) is 21.2 Å². The second-order valence-electron chi connectivity index (χ2n) is 4.08. The Balaban J connectivity index is 2.39.